The van der Waals surface area contributed by atoms with Crippen LogP contribution in [0.15, 0.2) is 54.9 Å². The fourth-order valence-electron chi connectivity index (χ4n) is 3.37. The number of pyridine rings is 2. The molecule has 29 heavy (non-hydrogen) atoms. The van der Waals surface area contributed by atoms with Crippen LogP contribution in [0.1, 0.15) is 16.1 Å². The van der Waals surface area contributed by atoms with Crippen LogP contribution in [0.5, 0.6) is 5.75 Å². The Kier molecular flexibility index (Phi) is 5.97. The molecule has 0 spiro atoms. The first kappa shape index (κ1) is 19.3. The maximum Gasteiger partial charge on any atom is 0.339 e. The van der Waals surface area contributed by atoms with Gasteiger partial charge in [0.25, 0.3) is 0 Å². The number of carbonyl (C=O) groups excluding carboxylic acids is 1. The molecule has 2 aromatic heterocycles. The molecule has 1 aliphatic rings. The number of nitrogens with zero attached hydrogens (tertiary/aromatic N) is 3. The van der Waals surface area contributed by atoms with Crippen molar-refractivity contribution in [2.24, 2.45) is 0 Å². The molecule has 0 radical (unpaired) electrons. The molecule has 1 saturated heterocycles. The summed E-state index contributed by atoms with van der Waals surface area (Å²) in [5, 5.41) is 1.15. The standard InChI is InChI=1S/C22H23N3O4/c1-27-22(26)17-10-19(12-23-11-17)29-15-20-14-25(8-9-28-20)13-18-7-6-16-4-2-3-5-21(16)24-18/h2-7,10-12,20H,8-9,13-15H2,1H3. The molecule has 4 rings (SSSR count). The second-order valence-corrected chi connectivity index (χ2v) is 6.94. The fraction of sp³-hybridized carbons (Fsp3) is 0.318. The van der Waals surface area contributed by atoms with Crippen molar-refractivity contribution < 1.29 is 19.0 Å². The van der Waals surface area contributed by atoms with E-state index in [1.54, 1.807) is 12.3 Å². The fourth-order valence-corrected chi connectivity index (χ4v) is 3.37. The number of aromatic nitrogens is 2. The van der Waals surface area contributed by atoms with Crippen LogP contribution < -0.4 is 4.74 Å². The first-order valence-corrected chi connectivity index (χ1v) is 9.56. The zero-order valence-electron chi connectivity index (χ0n) is 16.3. The Hall–Kier alpha value is -3.03. The van der Waals surface area contributed by atoms with Crippen LogP contribution in [-0.4, -0.2) is 60.4 Å². The summed E-state index contributed by atoms with van der Waals surface area (Å²) >= 11 is 0. The van der Waals surface area contributed by atoms with Gasteiger partial charge in [-0.2, -0.15) is 0 Å². The lowest BCUT2D eigenvalue weighted by atomic mass is 10.2. The van der Waals surface area contributed by atoms with E-state index in [4.69, 9.17) is 19.2 Å². The van der Waals surface area contributed by atoms with Crippen LogP contribution in [0.25, 0.3) is 10.9 Å². The lowest BCUT2D eigenvalue weighted by Gasteiger charge is -2.32. The summed E-state index contributed by atoms with van der Waals surface area (Å²) in [6, 6.07) is 13.9. The molecule has 0 bridgehead atoms. The summed E-state index contributed by atoms with van der Waals surface area (Å²) in [5.74, 6) is 0.0794. The number of benzene rings is 1. The van der Waals surface area contributed by atoms with Gasteiger partial charge >= 0.3 is 5.97 Å². The molecule has 0 saturated carbocycles. The Morgan fingerprint density at radius 3 is 3.03 bits per heavy atom. The summed E-state index contributed by atoms with van der Waals surface area (Å²) < 4.78 is 16.3. The van der Waals surface area contributed by atoms with Gasteiger partial charge in [-0.25, -0.2) is 4.79 Å². The third-order valence-corrected chi connectivity index (χ3v) is 4.83. The van der Waals surface area contributed by atoms with Gasteiger partial charge in [0.1, 0.15) is 18.5 Å². The summed E-state index contributed by atoms with van der Waals surface area (Å²) in [6.45, 7) is 3.39. The number of hydrogen-bond donors (Lipinski definition) is 0. The highest BCUT2D eigenvalue weighted by Crippen LogP contribution is 2.16. The van der Waals surface area contributed by atoms with Crippen LogP contribution in [0, 0.1) is 0 Å². The number of esters is 1. The predicted octanol–water partition coefficient (Wildman–Crippen LogP) is 2.70. The molecule has 3 heterocycles. The minimum Gasteiger partial charge on any atom is -0.489 e. The van der Waals surface area contributed by atoms with E-state index < -0.39 is 5.97 Å². The van der Waals surface area contributed by atoms with Crippen LogP contribution in [-0.2, 0) is 16.0 Å². The van der Waals surface area contributed by atoms with Gasteiger partial charge in [-0.1, -0.05) is 24.3 Å². The number of rotatable bonds is 6. The monoisotopic (exact) mass is 393 g/mol. The predicted molar refractivity (Wildman–Crippen MR) is 108 cm³/mol. The van der Waals surface area contributed by atoms with Crippen molar-refractivity contribution in [3.63, 3.8) is 0 Å². The van der Waals surface area contributed by atoms with Crippen LogP contribution in [0.4, 0.5) is 0 Å². The third kappa shape index (κ3) is 4.88. The van der Waals surface area contributed by atoms with Gasteiger partial charge < -0.3 is 14.2 Å². The van der Waals surface area contributed by atoms with Gasteiger partial charge in [0, 0.05) is 31.2 Å². The number of methoxy groups -OCH3 is 1. The Bertz CT molecular complexity index is 994. The zero-order chi connectivity index (χ0) is 20.1. The van der Waals surface area contributed by atoms with E-state index in [0.29, 0.717) is 24.5 Å². The minimum atomic E-state index is -0.439. The van der Waals surface area contributed by atoms with E-state index in [0.717, 1.165) is 36.2 Å². The molecule has 1 aromatic carbocycles. The molecule has 3 aromatic rings. The normalized spacial score (nSPS) is 17.2. The molecule has 150 valence electrons. The first-order valence-electron chi connectivity index (χ1n) is 9.56. The second-order valence-electron chi connectivity index (χ2n) is 6.94. The molecule has 7 heteroatoms. The summed E-state index contributed by atoms with van der Waals surface area (Å²) in [7, 11) is 1.34. The average Bonchev–Trinajstić information content (AvgIpc) is 2.77. The molecule has 1 aliphatic heterocycles. The van der Waals surface area contributed by atoms with Gasteiger partial charge in [0.05, 0.1) is 36.7 Å². The van der Waals surface area contributed by atoms with E-state index >= 15 is 0 Å². The number of morpholine rings is 1. The van der Waals surface area contributed by atoms with E-state index in [1.807, 2.05) is 18.2 Å². The van der Waals surface area contributed by atoms with E-state index in [9.17, 15) is 4.79 Å². The molecule has 0 N–H and O–H groups in total. The van der Waals surface area contributed by atoms with Gasteiger partial charge in [-0.15, -0.1) is 0 Å². The lowest BCUT2D eigenvalue weighted by molar-refractivity contribution is -0.0507. The highest BCUT2D eigenvalue weighted by atomic mass is 16.5. The smallest absolute Gasteiger partial charge is 0.339 e. The van der Waals surface area contributed by atoms with Crippen molar-refractivity contribution in [3.05, 3.63) is 66.1 Å². The van der Waals surface area contributed by atoms with Crippen molar-refractivity contribution in [2.75, 3.05) is 33.4 Å². The van der Waals surface area contributed by atoms with Gasteiger partial charge in [0.15, 0.2) is 0 Å². The molecule has 1 unspecified atom stereocenters. The van der Waals surface area contributed by atoms with Crippen molar-refractivity contribution >= 4 is 16.9 Å². The summed E-state index contributed by atoms with van der Waals surface area (Å²) in [6.07, 6.45) is 2.96. The third-order valence-electron chi connectivity index (χ3n) is 4.83. The largest absolute Gasteiger partial charge is 0.489 e. The van der Waals surface area contributed by atoms with Crippen LogP contribution in [0.3, 0.4) is 0 Å². The molecule has 7 nitrogen and oxygen atoms in total. The number of fused-ring (bicyclic) bond motifs is 1. The second kappa shape index (κ2) is 8.98. The quantitative estimate of drug-likeness (QED) is 0.596. The SMILES string of the molecule is COC(=O)c1cncc(OCC2CN(Cc3ccc4ccccc4n3)CCO2)c1. The highest BCUT2D eigenvalue weighted by molar-refractivity contribution is 5.89. The maximum absolute atomic E-state index is 11.6. The number of para-hydroxylation sites is 1. The minimum absolute atomic E-state index is 0.0639. The summed E-state index contributed by atoms with van der Waals surface area (Å²) in [4.78, 5) is 22.7. The van der Waals surface area contributed by atoms with Crippen LogP contribution >= 0.6 is 0 Å². The maximum atomic E-state index is 11.6. The highest BCUT2D eigenvalue weighted by Gasteiger charge is 2.22. The molecule has 1 fully saturated rings. The van der Waals surface area contributed by atoms with Crippen molar-refractivity contribution in [1.82, 2.24) is 14.9 Å². The average molecular weight is 393 g/mol. The van der Waals surface area contributed by atoms with Crippen molar-refractivity contribution in [3.8, 4) is 5.75 Å². The lowest BCUT2D eigenvalue weighted by Crippen LogP contribution is -2.44. The van der Waals surface area contributed by atoms with Gasteiger partial charge in [0.2, 0.25) is 0 Å². The Labute approximate surface area is 169 Å². The number of carbonyl (C=O) groups is 1. The van der Waals surface area contributed by atoms with Crippen molar-refractivity contribution in [2.45, 2.75) is 12.6 Å². The molecular formula is C22H23N3O4. The van der Waals surface area contributed by atoms with E-state index in [2.05, 4.69) is 28.1 Å². The molecule has 1 atom stereocenters. The van der Waals surface area contributed by atoms with Gasteiger partial charge in [-0.05, 0) is 18.2 Å². The molecule has 0 aliphatic carbocycles. The van der Waals surface area contributed by atoms with Crippen LogP contribution in [0.2, 0.25) is 0 Å². The van der Waals surface area contributed by atoms with Crippen molar-refractivity contribution in [1.29, 1.82) is 0 Å². The Morgan fingerprint density at radius 1 is 1.24 bits per heavy atom. The van der Waals surface area contributed by atoms with E-state index in [1.165, 1.54) is 13.3 Å². The molecule has 0 amide bonds. The Morgan fingerprint density at radius 2 is 2.14 bits per heavy atom. The zero-order valence-corrected chi connectivity index (χ0v) is 16.3. The van der Waals surface area contributed by atoms with Gasteiger partial charge in [-0.3, -0.25) is 14.9 Å². The van der Waals surface area contributed by atoms with E-state index in [-0.39, 0.29) is 6.10 Å². The Balaban J connectivity index is 1.34. The topological polar surface area (TPSA) is 73.8 Å². The molecular weight excluding hydrogens is 370 g/mol. The first-order chi connectivity index (χ1) is 14.2. The summed E-state index contributed by atoms with van der Waals surface area (Å²) in [5.41, 5.74) is 2.41. The number of hydrogen-bond acceptors (Lipinski definition) is 7. The number of ether oxygens (including phenoxy) is 3.